The summed E-state index contributed by atoms with van der Waals surface area (Å²) in [6.07, 6.45) is 19.9. The van der Waals surface area contributed by atoms with E-state index in [9.17, 15) is 0 Å². The van der Waals surface area contributed by atoms with Crippen molar-refractivity contribution in [1.29, 1.82) is 0 Å². The first-order valence-corrected chi connectivity index (χ1v) is 9.75. The molecule has 2 unspecified atom stereocenters. The van der Waals surface area contributed by atoms with E-state index in [1.54, 1.807) is 5.31 Å². The summed E-state index contributed by atoms with van der Waals surface area (Å²) in [6, 6.07) is 11.1. The van der Waals surface area contributed by atoms with E-state index in [-0.39, 0.29) is 0 Å². The van der Waals surface area contributed by atoms with Crippen molar-refractivity contribution in [3.05, 3.63) is 78.2 Å². The Balaban J connectivity index is 2.07. The highest BCUT2D eigenvalue weighted by atomic mass is 31.2. The summed E-state index contributed by atoms with van der Waals surface area (Å²) >= 11 is 0. The summed E-state index contributed by atoms with van der Waals surface area (Å²) < 4.78 is 0. The van der Waals surface area contributed by atoms with Gasteiger partial charge in [0.05, 0.1) is 24.5 Å². The van der Waals surface area contributed by atoms with E-state index in [0.29, 0.717) is 5.66 Å². The molecule has 102 valence electrons. The van der Waals surface area contributed by atoms with Crippen molar-refractivity contribution in [3.8, 4) is 0 Å². The monoisotopic (exact) mass is 281 g/mol. The van der Waals surface area contributed by atoms with Gasteiger partial charge in [0, 0.05) is 6.42 Å². The molecule has 0 saturated carbocycles. The minimum absolute atomic E-state index is 0.642. The molecule has 1 heteroatoms. The first-order valence-electron chi connectivity index (χ1n) is 7.44. The Bertz CT molecular complexity index is 577. The Kier molecular flexibility index (Phi) is 4.03. The highest BCUT2D eigenvalue weighted by molar-refractivity contribution is 7.86. The fourth-order valence-electron chi connectivity index (χ4n) is 3.16. The van der Waals surface area contributed by atoms with Gasteiger partial charge in [0.25, 0.3) is 0 Å². The molecule has 1 aromatic carbocycles. The number of allylic oxidation sites excluding steroid dienone is 8. The molecule has 0 fully saturated rings. The topological polar surface area (TPSA) is 0 Å². The lowest BCUT2D eigenvalue weighted by Gasteiger charge is -2.31. The van der Waals surface area contributed by atoms with E-state index in [0.717, 1.165) is 0 Å². The summed E-state index contributed by atoms with van der Waals surface area (Å²) in [6.45, 7) is 2.51. The van der Waals surface area contributed by atoms with Gasteiger partial charge in [-0.15, -0.1) is 0 Å². The van der Waals surface area contributed by atoms with Crippen LogP contribution in [0.3, 0.4) is 0 Å². The molecule has 20 heavy (non-hydrogen) atoms. The second-order valence-corrected chi connectivity index (χ2v) is 9.48. The lowest BCUT2D eigenvalue weighted by atomic mass is 10.2. The maximum Gasteiger partial charge on any atom is 0.100 e. The Labute approximate surface area is 122 Å². The first-order chi connectivity index (χ1) is 9.82. The predicted molar refractivity (Wildman–Crippen MR) is 92.1 cm³/mol. The van der Waals surface area contributed by atoms with Crippen molar-refractivity contribution in [2.75, 3.05) is 6.66 Å². The van der Waals surface area contributed by atoms with Crippen LogP contribution in [0.25, 0.3) is 0 Å². The number of hydrogen-bond donors (Lipinski definition) is 0. The van der Waals surface area contributed by atoms with Gasteiger partial charge in [0.15, 0.2) is 0 Å². The van der Waals surface area contributed by atoms with Gasteiger partial charge in [-0.3, -0.25) is 0 Å². The lowest BCUT2D eigenvalue weighted by Crippen LogP contribution is -2.23. The summed E-state index contributed by atoms with van der Waals surface area (Å²) in [5, 5.41) is 3.11. The molecule has 0 aliphatic heterocycles. The van der Waals surface area contributed by atoms with Crippen LogP contribution in [-0.4, -0.2) is 12.3 Å². The van der Waals surface area contributed by atoms with Gasteiger partial charge in [-0.25, -0.2) is 0 Å². The lowest BCUT2D eigenvalue weighted by molar-refractivity contribution is 1.01. The molecule has 2 atom stereocenters. The zero-order valence-electron chi connectivity index (χ0n) is 12.1. The van der Waals surface area contributed by atoms with Gasteiger partial charge in [-0.2, -0.15) is 0 Å². The van der Waals surface area contributed by atoms with Crippen LogP contribution in [0.15, 0.2) is 78.2 Å². The zero-order valence-corrected chi connectivity index (χ0v) is 13.0. The van der Waals surface area contributed by atoms with Crippen LogP contribution in [0.2, 0.25) is 0 Å². The zero-order chi connectivity index (χ0) is 13.8. The quantitative estimate of drug-likeness (QED) is 0.678. The molecule has 0 saturated heterocycles. The molecule has 1 aromatic rings. The van der Waals surface area contributed by atoms with E-state index >= 15 is 0 Å². The van der Waals surface area contributed by atoms with Crippen LogP contribution >= 0.6 is 7.26 Å². The summed E-state index contributed by atoms with van der Waals surface area (Å²) in [7, 11) is -1.34. The van der Waals surface area contributed by atoms with Crippen molar-refractivity contribution in [3.63, 3.8) is 0 Å². The van der Waals surface area contributed by atoms with Gasteiger partial charge in [-0.05, 0) is 43.2 Å². The van der Waals surface area contributed by atoms with Crippen LogP contribution in [0.5, 0.6) is 0 Å². The van der Waals surface area contributed by atoms with Gasteiger partial charge < -0.3 is 0 Å². The molecule has 3 rings (SSSR count). The third-order valence-corrected chi connectivity index (χ3v) is 8.91. The van der Waals surface area contributed by atoms with Crippen molar-refractivity contribution in [2.24, 2.45) is 0 Å². The molecule has 0 spiro atoms. The standard InChI is InChI=1S/C19H22P/c1-20(17-11-5-2-6-12-17,18-13-7-3-8-14-18)19-15-9-4-10-16-19/h2-3,5-9,11-13,15-16,18H,4,10,14H2,1H3/q+1. The minimum Gasteiger partial charge on any atom is -0.0803 e. The summed E-state index contributed by atoms with van der Waals surface area (Å²) in [5.74, 6) is 0. The molecular weight excluding hydrogens is 259 g/mol. The molecular formula is C19H22P+. The maximum atomic E-state index is 2.51. The Morgan fingerprint density at radius 2 is 1.85 bits per heavy atom. The molecule has 0 radical (unpaired) electrons. The third-order valence-electron chi connectivity index (χ3n) is 4.43. The molecule has 0 aromatic heterocycles. The average molecular weight is 281 g/mol. The van der Waals surface area contributed by atoms with Crippen molar-refractivity contribution in [1.82, 2.24) is 0 Å². The van der Waals surface area contributed by atoms with Crippen molar-refractivity contribution < 1.29 is 0 Å². The molecule has 0 nitrogen and oxygen atoms in total. The van der Waals surface area contributed by atoms with Crippen LogP contribution in [0.4, 0.5) is 0 Å². The molecule has 0 bridgehead atoms. The van der Waals surface area contributed by atoms with Crippen LogP contribution < -0.4 is 5.30 Å². The van der Waals surface area contributed by atoms with Crippen LogP contribution in [-0.2, 0) is 0 Å². The maximum absolute atomic E-state index is 2.51. The van der Waals surface area contributed by atoms with Gasteiger partial charge >= 0.3 is 0 Å². The molecule has 2 aliphatic rings. The Hall–Kier alpha value is -1.39. The van der Waals surface area contributed by atoms with E-state index < -0.39 is 7.26 Å². The first kappa shape index (κ1) is 13.6. The van der Waals surface area contributed by atoms with Gasteiger partial charge in [0.1, 0.15) is 5.66 Å². The van der Waals surface area contributed by atoms with E-state index in [1.165, 1.54) is 24.6 Å². The van der Waals surface area contributed by atoms with Gasteiger partial charge in [-0.1, -0.05) is 42.5 Å². The Morgan fingerprint density at radius 3 is 2.50 bits per heavy atom. The van der Waals surface area contributed by atoms with Crippen molar-refractivity contribution in [2.45, 2.75) is 24.9 Å². The van der Waals surface area contributed by atoms with E-state index in [2.05, 4.69) is 79.5 Å². The molecule has 0 heterocycles. The fraction of sp³-hybridized carbons (Fsp3) is 0.263. The molecule has 2 aliphatic carbocycles. The number of rotatable bonds is 3. The minimum atomic E-state index is -1.34. The molecule has 0 amide bonds. The number of hydrogen-bond acceptors (Lipinski definition) is 0. The highest BCUT2D eigenvalue weighted by Crippen LogP contribution is 2.67. The fourth-order valence-corrected chi connectivity index (χ4v) is 6.93. The SMILES string of the molecule is C[P+](C1=CCCC=C1)(c1ccccc1)C1C=CC=CC1. The Morgan fingerprint density at radius 1 is 1.00 bits per heavy atom. The van der Waals surface area contributed by atoms with Crippen molar-refractivity contribution >= 4 is 12.6 Å². The van der Waals surface area contributed by atoms with Crippen LogP contribution in [0, 0.1) is 0 Å². The van der Waals surface area contributed by atoms with E-state index in [1.807, 2.05) is 0 Å². The van der Waals surface area contributed by atoms with Gasteiger partial charge in [0.2, 0.25) is 0 Å². The smallest absolute Gasteiger partial charge is 0.0803 e. The number of benzene rings is 1. The predicted octanol–water partition coefficient (Wildman–Crippen LogP) is 5.08. The highest BCUT2D eigenvalue weighted by Gasteiger charge is 2.45. The largest absolute Gasteiger partial charge is 0.100 e. The van der Waals surface area contributed by atoms with Crippen LogP contribution in [0.1, 0.15) is 19.3 Å². The second kappa shape index (κ2) is 5.94. The summed E-state index contributed by atoms with van der Waals surface area (Å²) in [4.78, 5) is 0. The van der Waals surface area contributed by atoms with E-state index in [4.69, 9.17) is 0 Å². The molecule has 0 N–H and O–H groups in total. The summed E-state index contributed by atoms with van der Waals surface area (Å²) in [5.41, 5.74) is 0.642. The third kappa shape index (κ3) is 2.45. The average Bonchev–Trinajstić information content (AvgIpc) is 2.56. The second-order valence-electron chi connectivity index (χ2n) is 5.64. The normalized spacial score (nSPS) is 24.2.